The molecule has 2 N–H and O–H groups in total. The minimum Gasteiger partial charge on any atom is -0.358 e. The highest BCUT2D eigenvalue weighted by molar-refractivity contribution is 5.80. The normalized spacial score (nSPS) is 12.6. The molecule has 0 radical (unpaired) electrons. The van der Waals surface area contributed by atoms with E-state index >= 15 is 0 Å². The van der Waals surface area contributed by atoms with Gasteiger partial charge in [0, 0.05) is 7.05 Å². The van der Waals surface area contributed by atoms with Crippen molar-refractivity contribution in [3.05, 3.63) is 0 Å². The van der Waals surface area contributed by atoms with Crippen LogP contribution in [0.15, 0.2) is 0 Å². The lowest BCUT2D eigenvalue weighted by Crippen LogP contribution is -2.40. The fraction of sp³-hybridized carbons (Fsp3) is 0.875. The monoisotopic (exact) mass is 158 g/mol. The summed E-state index contributed by atoms with van der Waals surface area (Å²) in [6.45, 7) is 4.92. The molecule has 0 fully saturated rings. The third kappa shape index (κ3) is 4.79. The van der Waals surface area contributed by atoms with Crippen LogP contribution < -0.4 is 10.6 Å². The first-order chi connectivity index (χ1) is 5.22. The molecule has 1 amide bonds. The zero-order valence-corrected chi connectivity index (χ0v) is 7.61. The van der Waals surface area contributed by atoms with E-state index in [9.17, 15) is 4.79 Å². The first kappa shape index (κ1) is 10.4. The number of hydrogen-bond acceptors (Lipinski definition) is 2. The van der Waals surface area contributed by atoms with Crippen molar-refractivity contribution in [1.29, 1.82) is 0 Å². The quantitative estimate of drug-likeness (QED) is 0.572. The lowest BCUT2D eigenvalue weighted by Gasteiger charge is -2.10. The molecule has 1 unspecified atom stereocenters. The summed E-state index contributed by atoms with van der Waals surface area (Å²) in [7, 11) is 1.65. The Bertz CT molecular complexity index is 115. The third-order valence-corrected chi connectivity index (χ3v) is 1.62. The average molecular weight is 158 g/mol. The topological polar surface area (TPSA) is 41.1 Å². The van der Waals surface area contributed by atoms with Crippen LogP contribution in [-0.2, 0) is 4.79 Å². The van der Waals surface area contributed by atoms with Crippen molar-refractivity contribution < 1.29 is 4.79 Å². The standard InChI is InChI=1S/C8H18N2O/c1-4-5-6-10-7(2)8(11)9-3/h7,10H,4-6H2,1-3H3,(H,9,11). The van der Waals surface area contributed by atoms with Gasteiger partial charge in [0.1, 0.15) is 0 Å². The fourth-order valence-corrected chi connectivity index (χ4v) is 0.805. The second kappa shape index (κ2) is 6.16. The summed E-state index contributed by atoms with van der Waals surface area (Å²) < 4.78 is 0. The van der Waals surface area contributed by atoms with Crippen molar-refractivity contribution in [1.82, 2.24) is 10.6 Å². The maximum absolute atomic E-state index is 10.9. The summed E-state index contributed by atoms with van der Waals surface area (Å²) >= 11 is 0. The second-order valence-corrected chi connectivity index (χ2v) is 2.64. The Morgan fingerprint density at radius 3 is 2.64 bits per heavy atom. The Morgan fingerprint density at radius 1 is 1.55 bits per heavy atom. The van der Waals surface area contributed by atoms with Gasteiger partial charge in [-0.05, 0) is 19.9 Å². The first-order valence-electron chi connectivity index (χ1n) is 4.17. The number of rotatable bonds is 5. The zero-order chi connectivity index (χ0) is 8.69. The van der Waals surface area contributed by atoms with Crippen molar-refractivity contribution >= 4 is 5.91 Å². The predicted molar refractivity (Wildman–Crippen MR) is 46.4 cm³/mol. The molecule has 0 bridgehead atoms. The molecule has 0 heterocycles. The van der Waals surface area contributed by atoms with E-state index in [-0.39, 0.29) is 11.9 Å². The van der Waals surface area contributed by atoms with Crippen LogP contribution in [0.2, 0.25) is 0 Å². The Kier molecular flexibility index (Phi) is 5.84. The lowest BCUT2D eigenvalue weighted by molar-refractivity contribution is -0.122. The summed E-state index contributed by atoms with van der Waals surface area (Å²) in [5, 5.41) is 5.71. The smallest absolute Gasteiger partial charge is 0.236 e. The molecule has 3 heteroatoms. The minimum atomic E-state index is -0.0634. The zero-order valence-electron chi connectivity index (χ0n) is 7.61. The summed E-state index contributed by atoms with van der Waals surface area (Å²) in [5.74, 6) is 0.0566. The number of amides is 1. The lowest BCUT2D eigenvalue weighted by atomic mass is 10.3. The highest BCUT2D eigenvalue weighted by atomic mass is 16.2. The van der Waals surface area contributed by atoms with Crippen molar-refractivity contribution in [2.75, 3.05) is 13.6 Å². The Labute approximate surface area is 68.6 Å². The molecule has 0 aromatic rings. The molecule has 0 rings (SSSR count). The van der Waals surface area contributed by atoms with Gasteiger partial charge in [-0.25, -0.2) is 0 Å². The summed E-state index contributed by atoms with van der Waals surface area (Å²) in [6, 6.07) is -0.0634. The second-order valence-electron chi connectivity index (χ2n) is 2.64. The number of nitrogens with one attached hydrogen (secondary N) is 2. The van der Waals surface area contributed by atoms with Gasteiger partial charge in [-0.2, -0.15) is 0 Å². The van der Waals surface area contributed by atoms with Gasteiger partial charge in [0.05, 0.1) is 6.04 Å². The molecule has 3 nitrogen and oxygen atoms in total. The van der Waals surface area contributed by atoms with Gasteiger partial charge >= 0.3 is 0 Å². The molecule has 0 saturated heterocycles. The first-order valence-corrected chi connectivity index (χ1v) is 4.17. The van der Waals surface area contributed by atoms with E-state index in [1.165, 1.54) is 0 Å². The molecule has 0 spiro atoms. The molecule has 66 valence electrons. The summed E-state index contributed by atoms with van der Waals surface area (Å²) in [4.78, 5) is 10.9. The van der Waals surface area contributed by atoms with Gasteiger partial charge in [-0.3, -0.25) is 4.79 Å². The van der Waals surface area contributed by atoms with Gasteiger partial charge in [0.25, 0.3) is 0 Å². The van der Waals surface area contributed by atoms with Gasteiger partial charge in [0.2, 0.25) is 5.91 Å². The van der Waals surface area contributed by atoms with E-state index in [4.69, 9.17) is 0 Å². The molecule has 0 saturated carbocycles. The average Bonchev–Trinajstić information content (AvgIpc) is 2.03. The maximum Gasteiger partial charge on any atom is 0.236 e. The summed E-state index contributed by atoms with van der Waals surface area (Å²) in [6.07, 6.45) is 2.29. The molecule has 0 aliphatic heterocycles. The van der Waals surface area contributed by atoms with E-state index in [0.717, 1.165) is 19.4 Å². The van der Waals surface area contributed by atoms with Crippen molar-refractivity contribution in [2.45, 2.75) is 32.7 Å². The number of unbranched alkanes of at least 4 members (excludes halogenated alkanes) is 1. The van der Waals surface area contributed by atoms with Crippen molar-refractivity contribution in [3.63, 3.8) is 0 Å². The van der Waals surface area contributed by atoms with E-state index in [2.05, 4.69) is 17.6 Å². The highest BCUT2D eigenvalue weighted by Crippen LogP contribution is 1.85. The van der Waals surface area contributed by atoms with E-state index < -0.39 is 0 Å². The fourth-order valence-electron chi connectivity index (χ4n) is 0.805. The molecule has 11 heavy (non-hydrogen) atoms. The maximum atomic E-state index is 10.9. The SMILES string of the molecule is CCCCNC(C)C(=O)NC. The third-order valence-electron chi connectivity index (χ3n) is 1.62. The summed E-state index contributed by atoms with van der Waals surface area (Å²) in [5.41, 5.74) is 0. The molecule has 0 aliphatic rings. The van der Waals surface area contributed by atoms with E-state index in [1.54, 1.807) is 7.05 Å². The van der Waals surface area contributed by atoms with Gasteiger partial charge in [-0.1, -0.05) is 13.3 Å². The van der Waals surface area contributed by atoms with Crippen molar-refractivity contribution in [2.24, 2.45) is 0 Å². The van der Waals surface area contributed by atoms with Crippen LogP contribution in [-0.4, -0.2) is 25.5 Å². The largest absolute Gasteiger partial charge is 0.358 e. The highest BCUT2D eigenvalue weighted by Gasteiger charge is 2.07. The van der Waals surface area contributed by atoms with Crippen LogP contribution in [0.5, 0.6) is 0 Å². The van der Waals surface area contributed by atoms with E-state index in [0.29, 0.717) is 0 Å². The predicted octanol–water partition coefficient (Wildman–Crippen LogP) is 0.511. The van der Waals surface area contributed by atoms with Crippen molar-refractivity contribution in [3.8, 4) is 0 Å². The molecule has 1 atom stereocenters. The molecular formula is C8H18N2O. The van der Waals surface area contributed by atoms with Crippen LogP contribution in [0.25, 0.3) is 0 Å². The van der Waals surface area contributed by atoms with Crippen LogP contribution in [0, 0.1) is 0 Å². The van der Waals surface area contributed by atoms with Gasteiger partial charge in [0.15, 0.2) is 0 Å². The molecule has 0 aliphatic carbocycles. The Morgan fingerprint density at radius 2 is 2.18 bits per heavy atom. The van der Waals surface area contributed by atoms with Crippen LogP contribution >= 0.6 is 0 Å². The van der Waals surface area contributed by atoms with Crippen LogP contribution in [0.1, 0.15) is 26.7 Å². The Balaban J connectivity index is 3.36. The number of carbonyl (C=O) groups is 1. The van der Waals surface area contributed by atoms with Crippen LogP contribution in [0.3, 0.4) is 0 Å². The van der Waals surface area contributed by atoms with Crippen LogP contribution in [0.4, 0.5) is 0 Å². The minimum absolute atomic E-state index is 0.0566. The number of carbonyl (C=O) groups excluding carboxylic acids is 1. The number of hydrogen-bond donors (Lipinski definition) is 2. The van der Waals surface area contributed by atoms with Gasteiger partial charge in [-0.15, -0.1) is 0 Å². The molecular weight excluding hydrogens is 140 g/mol. The van der Waals surface area contributed by atoms with Gasteiger partial charge < -0.3 is 10.6 Å². The number of likely N-dealkylation sites (N-methyl/N-ethyl adjacent to an activating group) is 1. The molecule has 0 aromatic carbocycles. The molecule has 0 aromatic heterocycles. The van der Waals surface area contributed by atoms with E-state index in [1.807, 2.05) is 6.92 Å². The Hall–Kier alpha value is -0.570.